The summed E-state index contributed by atoms with van der Waals surface area (Å²) in [5.74, 6) is -0.522. The predicted octanol–water partition coefficient (Wildman–Crippen LogP) is 4.39. The van der Waals surface area contributed by atoms with Crippen LogP contribution in [-0.2, 0) is 11.8 Å². The number of rotatable bonds is 6. The molecule has 1 aliphatic heterocycles. The number of carbonyl (C=O) groups is 1. The average Bonchev–Trinajstić information content (AvgIpc) is 3.30. The molecule has 4 rings (SSSR count). The van der Waals surface area contributed by atoms with Gasteiger partial charge in [0.1, 0.15) is 23.0 Å². The van der Waals surface area contributed by atoms with Crippen molar-refractivity contribution in [2.24, 2.45) is 7.05 Å². The monoisotopic (exact) mass is 485 g/mol. The third-order valence-electron chi connectivity index (χ3n) is 6.45. The summed E-state index contributed by atoms with van der Waals surface area (Å²) in [6, 6.07) is 4.71. The number of carbonyl (C=O) groups excluding carboxylic acids is 1. The topological polar surface area (TPSA) is 80.1 Å². The summed E-state index contributed by atoms with van der Waals surface area (Å²) in [6.07, 6.45) is -0.871. The van der Waals surface area contributed by atoms with Gasteiger partial charge in [0.25, 0.3) is 12.0 Å². The second kappa shape index (κ2) is 9.52. The number of nitrogens with zero attached hydrogens (tertiary/aromatic N) is 4. The fourth-order valence-corrected chi connectivity index (χ4v) is 4.58. The zero-order valence-electron chi connectivity index (χ0n) is 19.7. The third kappa shape index (κ3) is 4.52. The summed E-state index contributed by atoms with van der Waals surface area (Å²) in [7, 11) is 1.66. The number of likely N-dealkylation sites (tertiary alicyclic amines) is 1. The normalized spacial score (nSPS) is 16.7. The van der Waals surface area contributed by atoms with Crippen molar-refractivity contribution in [3.05, 3.63) is 75.7 Å². The van der Waals surface area contributed by atoms with E-state index in [-0.39, 0.29) is 34.3 Å². The van der Waals surface area contributed by atoms with Gasteiger partial charge < -0.3 is 14.8 Å². The average molecular weight is 486 g/mol. The molecule has 1 aliphatic rings. The van der Waals surface area contributed by atoms with Crippen LogP contribution in [0.3, 0.4) is 0 Å². The fraction of sp³-hybridized carbons (Fsp3) is 0.360. The second-order valence-corrected chi connectivity index (χ2v) is 8.67. The number of pyridine rings is 1. The van der Waals surface area contributed by atoms with Crippen molar-refractivity contribution in [2.75, 3.05) is 18.4 Å². The summed E-state index contributed by atoms with van der Waals surface area (Å²) in [4.78, 5) is 35.5. The molecule has 0 bridgehead atoms. The van der Waals surface area contributed by atoms with Gasteiger partial charge in [0.15, 0.2) is 0 Å². The van der Waals surface area contributed by atoms with Gasteiger partial charge in [-0.1, -0.05) is 24.3 Å². The summed E-state index contributed by atoms with van der Waals surface area (Å²) in [5.41, 5.74) is -0.139. The molecule has 1 amide bonds. The number of halogens is 3. The summed E-state index contributed by atoms with van der Waals surface area (Å²) >= 11 is 0. The molecule has 35 heavy (non-hydrogen) atoms. The fourth-order valence-electron chi connectivity index (χ4n) is 4.58. The van der Waals surface area contributed by atoms with Crippen molar-refractivity contribution < 1.29 is 18.0 Å². The Hall–Kier alpha value is -3.69. The van der Waals surface area contributed by atoms with Crippen molar-refractivity contribution in [3.8, 4) is 0 Å². The Morgan fingerprint density at radius 3 is 2.63 bits per heavy atom. The molecule has 1 fully saturated rings. The number of nitrogens with one attached hydrogen (secondary N) is 1. The number of alkyl halides is 2. The van der Waals surface area contributed by atoms with Gasteiger partial charge in [-0.3, -0.25) is 9.59 Å². The first-order chi connectivity index (χ1) is 16.6. The molecule has 2 atom stereocenters. The minimum absolute atomic E-state index is 0.0147. The van der Waals surface area contributed by atoms with E-state index in [1.807, 2.05) is 0 Å². The van der Waals surface area contributed by atoms with Gasteiger partial charge in [-0.15, -0.1) is 6.58 Å². The van der Waals surface area contributed by atoms with Gasteiger partial charge in [0, 0.05) is 44.2 Å². The predicted molar refractivity (Wildman–Crippen MR) is 127 cm³/mol. The number of aryl methyl sites for hydroxylation is 1. The Labute approximate surface area is 200 Å². The molecule has 1 saturated heterocycles. The van der Waals surface area contributed by atoms with E-state index in [1.54, 1.807) is 24.9 Å². The zero-order chi connectivity index (χ0) is 25.4. The Kier molecular flexibility index (Phi) is 6.64. The molecule has 0 spiro atoms. The SMILES string of the molecule is C=C[C@@H](Nc1nc(C)nc2c(=O)n(C)c(C3CCN(C(C)=O)C3)cc12)c1cccc(C(F)F)c1F. The van der Waals surface area contributed by atoms with E-state index in [2.05, 4.69) is 21.9 Å². The molecule has 1 aromatic carbocycles. The van der Waals surface area contributed by atoms with Crippen LogP contribution in [0.15, 0.2) is 41.7 Å². The number of hydrogen-bond acceptors (Lipinski definition) is 5. The Morgan fingerprint density at radius 2 is 2.00 bits per heavy atom. The van der Waals surface area contributed by atoms with Crippen LogP contribution < -0.4 is 10.9 Å². The standard InChI is InChI=1S/C25H26F3N5O2/c1-5-19(16-7-6-8-17(21(16)26)23(27)28)31-24-18-11-20(15-9-10-33(12-15)14(3)34)32(4)25(35)22(18)29-13(2)30-24/h5-8,11,15,19,23H,1,9-10,12H2,2-4H3,(H,29,30,31)/t15?,19-/m1/s1. The maximum atomic E-state index is 14.9. The van der Waals surface area contributed by atoms with Crippen molar-refractivity contribution in [2.45, 2.75) is 38.7 Å². The lowest BCUT2D eigenvalue weighted by Crippen LogP contribution is -2.28. The summed E-state index contributed by atoms with van der Waals surface area (Å²) in [5, 5.41) is 3.48. The van der Waals surface area contributed by atoms with E-state index in [9.17, 15) is 22.8 Å². The first-order valence-corrected chi connectivity index (χ1v) is 11.2. The Bertz CT molecular complexity index is 1370. The molecule has 10 heteroatoms. The van der Waals surface area contributed by atoms with E-state index in [1.165, 1.54) is 29.7 Å². The summed E-state index contributed by atoms with van der Waals surface area (Å²) in [6.45, 7) is 7.95. The summed E-state index contributed by atoms with van der Waals surface area (Å²) < 4.78 is 42.9. The van der Waals surface area contributed by atoms with Crippen LogP contribution in [0.2, 0.25) is 0 Å². The molecule has 1 N–H and O–H groups in total. The maximum absolute atomic E-state index is 14.9. The molecule has 1 unspecified atom stereocenters. The van der Waals surface area contributed by atoms with Gasteiger partial charge in [-0.05, 0) is 19.4 Å². The lowest BCUT2D eigenvalue weighted by Gasteiger charge is -2.21. The van der Waals surface area contributed by atoms with Gasteiger partial charge in [0.2, 0.25) is 5.91 Å². The highest BCUT2D eigenvalue weighted by Gasteiger charge is 2.29. The van der Waals surface area contributed by atoms with Crippen LogP contribution in [-0.4, -0.2) is 38.4 Å². The smallest absolute Gasteiger partial charge is 0.277 e. The van der Waals surface area contributed by atoms with Crippen LogP contribution in [0.25, 0.3) is 10.9 Å². The quantitative estimate of drug-likeness (QED) is 0.524. The number of anilines is 1. The maximum Gasteiger partial charge on any atom is 0.277 e. The van der Waals surface area contributed by atoms with Gasteiger partial charge >= 0.3 is 0 Å². The lowest BCUT2D eigenvalue weighted by atomic mass is 10.0. The Morgan fingerprint density at radius 1 is 1.29 bits per heavy atom. The Balaban J connectivity index is 1.81. The first kappa shape index (κ1) is 24.4. The molecule has 3 heterocycles. The van der Waals surface area contributed by atoms with E-state index < -0.39 is 23.8 Å². The molecule has 0 aliphatic carbocycles. The highest BCUT2D eigenvalue weighted by atomic mass is 19.3. The van der Waals surface area contributed by atoms with Crippen LogP contribution in [0.5, 0.6) is 0 Å². The van der Waals surface area contributed by atoms with Crippen molar-refractivity contribution >= 4 is 22.6 Å². The number of benzene rings is 1. The molecule has 184 valence electrons. The molecular formula is C25H26F3N5O2. The second-order valence-electron chi connectivity index (χ2n) is 8.67. The van der Waals surface area contributed by atoms with Crippen molar-refractivity contribution in [3.63, 3.8) is 0 Å². The van der Waals surface area contributed by atoms with Crippen LogP contribution >= 0.6 is 0 Å². The van der Waals surface area contributed by atoms with E-state index >= 15 is 0 Å². The minimum Gasteiger partial charge on any atom is -0.359 e. The van der Waals surface area contributed by atoms with Crippen LogP contribution in [0.4, 0.5) is 19.0 Å². The van der Waals surface area contributed by atoms with Gasteiger partial charge in [0.05, 0.1) is 17.0 Å². The lowest BCUT2D eigenvalue weighted by molar-refractivity contribution is -0.127. The molecule has 0 saturated carbocycles. The zero-order valence-corrected chi connectivity index (χ0v) is 19.7. The van der Waals surface area contributed by atoms with E-state index in [0.29, 0.717) is 30.7 Å². The molecule has 0 radical (unpaired) electrons. The van der Waals surface area contributed by atoms with Gasteiger partial charge in [-0.2, -0.15) is 0 Å². The number of fused-ring (bicyclic) bond motifs is 1. The van der Waals surface area contributed by atoms with Gasteiger partial charge in [-0.25, -0.2) is 23.1 Å². The molecular weight excluding hydrogens is 459 g/mol. The first-order valence-electron chi connectivity index (χ1n) is 11.2. The number of hydrogen-bond donors (Lipinski definition) is 1. The molecule has 7 nitrogen and oxygen atoms in total. The van der Waals surface area contributed by atoms with E-state index in [4.69, 9.17) is 0 Å². The molecule has 2 aromatic heterocycles. The number of aromatic nitrogens is 3. The van der Waals surface area contributed by atoms with Crippen LogP contribution in [0, 0.1) is 12.7 Å². The highest BCUT2D eigenvalue weighted by Crippen LogP contribution is 2.33. The van der Waals surface area contributed by atoms with Crippen LogP contribution in [0.1, 0.15) is 54.4 Å². The minimum atomic E-state index is -2.96. The largest absolute Gasteiger partial charge is 0.359 e. The molecule has 3 aromatic rings. The number of amides is 1. The highest BCUT2D eigenvalue weighted by molar-refractivity contribution is 5.89. The third-order valence-corrected chi connectivity index (χ3v) is 6.45. The van der Waals surface area contributed by atoms with E-state index in [0.717, 1.165) is 11.8 Å². The van der Waals surface area contributed by atoms with Crippen molar-refractivity contribution in [1.29, 1.82) is 0 Å². The van der Waals surface area contributed by atoms with Crippen molar-refractivity contribution in [1.82, 2.24) is 19.4 Å².